The Kier molecular flexibility index (Phi) is 6.96. The van der Waals surface area contributed by atoms with Gasteiger partial charge >= 0.3 is 0 Å². The molecule has 4 rings (SSSR count). The van der Waals surface area contributed by atoms with Gasteiger partial charge in [0, 0.05) is 25.2 Å². The third-order valence-electron chi connectivity index (χ3n) is 4.76. The van der Waals surface area contributed by atoms with E-state index in [9.17, 15) is 9.18 Å². The van der Waals surface area contributed by atoms with Crippen LogP contribution in [0.4, 0.5) is 4.39 Å². The van der Waals surface area contributed by atoms with Gasteiger partial charge in [-0.15, -0.1) is 21.5 Å². The molecule has 0 spiro atoms. The van der Waals surface area contributed by atoms with Crippen molar-refractivity contribution in [2.24, 2.45) is 0 Å². The second-order valence-corrected chi connectivity index (χ2v) is 9.23. The van der Waals surface area contributed by atoms with Crippen LogP contribution in [0.1, 0.15) is 16.3 Å². The van der Waals surface area contributed by atoms with E-state index >= 15 is 0 Å². The number of carbonyl (C=O) groups excluding carboxylic acids is 1. The quantitative estimate of drug-likeness (QED) is 0.357. The van der Waals surface area contributed by atoms with Crippen LogP contribution in [0.2, 0.25) is 0 Å². The first kappa shape index (κ1) is 22.2. The second-order valence-electron chi connectivity index (χ2n) is 7.34. The minimum Gasteiger partial charge on any atom is -0.348 e. The van der Waals surface area contributed by atoms with E-state index in [2.05, 4.69) is 15.2 Å². The van der Waals surface area contributed by atoms with Crippen LogP contribution in [0.15, 0.2) is 65.1 Å². The molecule has 0 aliphatic heterocycles. The molecule has 2 aromatic carbocycles. The van der Waals surface area contributed by atoms with Gasteiger partial charge in [0.1, 0.15) is 10.8 Å². The highest BCUT2D eigenvalue weighted by Gasteiger charge is 2.18. The van der Waals surface area contributed by atoms with Crippen molar-refractivity contribution in [3.8, 4) is 11.4 Å². The first-order valence-electron chi connectivity index (χ1n) is 9.99. The number of thiazole rings is 1. The second kappa shape index (κ2) is 10.1. The molecule has 2 aromatic heterocycles. The van der Waals surface area contributed by atoms with E-state index in [-0.39, 0.29) is 11.7 Å². The molecule has 0 atom stereocenters. The zero-order valence-corrected chi connectivity index (χ0v) is 19.4. The molecular weight excluding hydrogens is 445 g/mol. The minimum atomic E-state index is -0.333. The van der Waals surface area contributed by atoms with Crippen molar-refractivity contribution >= 4 is 29.0 Å². The van der Waals surface area contributed by atoms with Crippen molar-refractivity contribution in [3.05, 3.63) is 82.1 Å². The molecule has 0 radical (unpaired) electrons. The molecule has 0 aliphatic rings. The Balaban J connectivity index is 1.57. The Labute approximate surface area is 194 Å². The average molecular weight is 468 g/mol. The van der Waals surface area contributed by atoms with Gasteiger partial charge < -0.3 is 4.90 Å². The molecule has 4 aromatic rings. The standard InChI is InChI=1S/C23H22FN5OS2/c1-28(2)21(30)12-20-25-17(14-31-20)15-32-23-27-26-22(18-10-6-7-11-19(18)24)29(23)13-16-8-4-3-5-9-16/h3-11,14H,12-13,15H2,1-2H3. The smallest absolute Gasteiger partial charge is 0.228 e. The number of rotatable bonds is 8. The number of hydrogen-bond donors (Lipinski definition) is 0. The number of thioether (sulfide) groups is 1. The van der Waals surface area contributed by atoms with Crippen molar-refractivity contribution in [3.63, 3.8) is 0 Å². The Morgan fingerprint density at radius 3 is 2.59 bits per heavy atom. The van der Waals surface area contributed by atoms with Crippen molar-refractivity contribution < 1.29 is 9.18 Å². The summed E-state index contributed by atoms with van der Waals surface area (Å²) in [6, 6.07) is 16.5. The highest BCUT2D eigenvalue weighted by atomic mass is 32.2. The number of amides is 1. The number of likely N-dealkylation sites (N-methyl/N-ethyl adjacent to an activating group) is 1. The Hall–Kier alpha value is -3.04. The highest BCUT2D eigenvalue weighted by molar-refractivity contribution is 7.98. The van der Waals surface area contributed by atoms with Crippen LogP contribution >= 0.6 is 23.1 Å². The lowest BCUT2D eigenvalue weighted by atomic mass is 10.2. The number of halogens is 1. The van der Waals surface area contributed by atoms with Gasteiger partial charge in [-0.25, -0.2) is 9.37 Å². The summed E-state index contributed by atoms with van der Waals surface area (Å²) < 4.78 is 16.4. The van der Waals surface area contributed by atoms with Gasteiger partial charge in [-0.1, -0.05) is 54.2 Å². The first-order valence-corrected chi connectivity index (χ1v) is 11.9. The summed E-state index contributed by atoms with van der Waals surface area (Å²) in [7, 11) is 3.47. The molecular formula is C23H22FN5OS2. The number of benzene rings is 2. The van der Waals surface area contributed by atoms with E-state index in [1.54, 1.807) is 37.2 Å². The largest absolute Gasteiger partial charge is 0.348 e. The van der Waals surface area contributed by atoms with Crippen molar-refractivity contribution in [1.82, 2.24) is 24.6 Å². The highest BCUT2D eigenvalue weighted by Crippen LogP contribution is 2.29. The zero-order chi connectivity index (χ0) is 22.5. The number of aromatic nitrogens is 4. The van der Waals surface area contributed by atoms with Crippen molar-refractivity contribution in [1.29, 1.82) is 0 Å². The van der Waals surface area contributed by atoms with Crippen molar-refractivity contribution in [2.75, 3.05) is 14.1 Å². The maximum Gasteiger partial charge on any atom is 0.228 e. The van der Waals surface area contributed by atoms with E-state index in [0.29, 0.717) is 35.3 Å². The van der Waals surface area contributed by atoms with E-state index in [1.165, 1.54) is 29.2 Å². The molecule has 0 unspecified atom stereocenters. The number of nitrogens with zero attached hydrogens (tertiary/aromatic N) is 5. The summed E-state index contributed by atoms with van der Waals surface area (Å²) in [4.78, 5) is 18.1. The summed E-state index contributed by atoms with van der Waals surface area (Å²) in [5, 5.41) is 12.1. The lowest BCUT2D eigenvalue weighted by Gasteiger charge is -2.11. The molecule has 0 saturated heterocycles. The molecule has 164 valence electrons. The Morgan fingerprint density at radius 2 is 1.84 bits per heavy atom. The maximum atomic E-state index is 14.5. The fraction of sp³-hybridized carbons (Fsp3) is 0.217. The summed E-state index contributed by atoms with van der Waals surface area (Å²) in [5.41, 5.74) is 2.37. The fourth-order valence-electron chi connectivity index (χ4n) is 3.07. The lowest BCUT2D eigenvalue weighted by Crippen LogP contribution is -2.23. The monoisotopic (exact) mass is 467 g/mol. The molecule has 0 saturated carbocycles. The van der Waals surface area contributed by atoms with E-state index in [4.69, 9.17) is 0 Å². The van der Waals surface area contributed by atoms with Crippen LogP contribution in [-0.2, 0) is 23.5 Å². The third kappa shape index (κ3) is 5.23. The minimum absolute atomic E-state index is 0.0238. The molecule has 6 nitrogen and oxygen atoms in total. The molecule has 0 bridgehead atoms. The molecule has 0 aliphatic carbocycles. The molecule has 0 fully saturated rings. The van der Waals surface area contributed by atoms with Crippen LogP contribution < -0.4 is 0 Å². The Morgan fingerprint density at radius 1 is 1.09 bits per heavy atom. The summed E-state index contributed by atoms with van der Waals surface area (Å²) in [5.74, 6) is 0.762. The normalized spacial score (nSPS) is 11.0. The third-order valence-corrected chi connectivity index (χ3v) is 6.66. The predicted molar refractivity (Wildman–Crippen MR) is 125 cm³/mol. The lowest BCUT2D eigenvalue weighted by molar-refractivity contribution is -0.127. The number of carbonyl (C=O) groups is 1. The average Bonchev–Trinajstić information content (AvgIpc) is 3.40. The van der Waals surface area contributed by atoms with E-state index in [0.717, 1.165) is 16.3 Å². The molecule has 0 N–H and O–H groups in total. The topological polar surface area (TPSA) is 63.9 Å². The molecule has 32 heavy (non-hydrogen) atoms. The summed E-state index contributed by atoms with van der Waals surface area (Å²) >= 11 is 2.97. The van der Waals surface area contributed by atoms with Gasteiger partial charge in [0.15, 0.2) is 11.0 Å². The maximum absolute atomic E-state index is 14.5. The van der Waals surface area contributed by atoms with E-state index in [1.807, 2.05) is 40.3 Å². The molecule has 1 amide bonds. The fourth-order valence-corrected chi connectivity index (χ4v) is 4.79. The van der Waals surface area contributed by atoms with Crippen LogP contribution in [0.3, 0.4) is 0 Å². The van der Waals surface area contributed by atoms with Crippen molar-refractivity contribution in [2.45, 2.75) is 23.9 Å². The summed E-state index contributed by atoms with van der Waals surface area (Å²) in [6.07, 6.45) is 0.296. The molecule has 9 heteroatoms. The SMILES string of the molecule is CN(C)C(=O)Cc1nc(CSc2nnc(-c3ccccc3F)n2Cc2ccccc2)cs1. The van der Waals surface area contributed by atoms with E-state index < -0.39 is 0 Å². The van der Waals surface area contributed by atoms with Crippen LogP contribution in [0.25, 0.3) is 11.4 Å². The number of hydrogen-bond acceptors (Lipinski definition) is 6. The zero-order valence-electron chi connectivity index (χ0n) is 17.7. The van der Waals surface area contributed by atoms with Crippen LogP contribution in [-0.4, -0.2) is 44.7 Å². The first-order chi connectivity index (χ1) is 15.5. The van der Waals surface area contributed by atoms with Gasteiger partial charge in [-0.05, 0) is 17.7 Å². The summed E-state index contributed by atoms with van der Waals surface area (Å²) in [6.45, 7) is 0.527. The molecule has 2 heterocycles. The van der Waals surface area contributed by atoms with Gasteiger partial charge in [-0.3, -0.25) is 9.36 Å². The Bertz CT molecular complexity index is 1210. The van der Waals surface area contributed by atoms with Crippen LogP contribution in [0.5, 0.6) is 0 Å². The van der Waals surface area contributed by atoms with Crippen LogP contribution in [0, 0.1) is 5.82 Å². The van der Waals surface area contributed by atoms with Gasteiger partial charge in [0.25, 0.3) is 0 Å². The van der Waals surface area contributed by atoms with Gasteiger partial charge in [0.05, 0.1) is 24.2 Å². The van der Waals surface area contributed by atoms with Gasteiger partial charge in [-0.2, -0.15) is 0 Å². The predicted octanol–water partition coefficient (Wildman–Crippen LogP) is 4.51. The van der Waals surface area contributed by atoms with Gasteiger partial charge in [0.2, 0.25) is 5.91 Å².